The summed E-state index contributed by atoms with van der Waals surface area (Å²) in [6, 6.07) is 1.99. The van der Waals surface area contributed by atoms with E-state index in [2.05, 4.69) is 4.98 Å². The van der Waals surface area contributed by atoms with Crippen LogP contribution in [0.15, 0.2) is 12.5 Å². The van der Waals surface area contributed by atoms with Gasteiger partial charge in [0.1, 0.15) is 12.2 Å². The number of aromatic nitrogens is 2. The molecule has 80 valence electrons. The Kier molecular flexibility index (Phi) is 3.45. The molecule has 0 bridgehead atoms. The Labute approximate surface area is 88.9 Å². The smallest absolute Gasteiger partial charge is 0.273 e. The minimum Gasteiger partial charge on any atom is -0.330 e. The zero-order valence-corrected chi connectivity index (χ0v) is 9.14. The number of aryl methyl sites for hydroxylation is 1. The van der Waals surface area contributed by atoms with Crippen molar-refractivity contribution in [1.82, 2.24) is 14.5 Å². The molecule has 5 nitrogen and oxygen atoms in total. The number of nitriles is 1. The lowest BCUT2D eigenvalue weighted by atomic mass is 10.3. The summed E-state index contributed by atoms with van der Waals surface area (Å²) >= 11 is 0. The average molecular weight is 206 g/mol. The lowest BCUT2D eigenvalue weighted by Crippen LogP contribution is -2.38. The molecule has 15 heavy (non-hydrogen) atoms. The van der Waals surface area contributed by atoms with E-state index < -0.39 is 0 Å². The summed E-state index contributed by atoms with van der Waals surface area (Å²) in [5.41, 5.74) is 0.499. The molecule has 0 unspecified atom stereocenters. The van der Waals surface area contributed by atoms with E-state index in [9.17, 15) is 4.79 Å². The van der Waals surface area contributed by atoms with Crippen LogP contribution in [0.25, 0.3) is 0 Å². The van der Waals surface area contributed by atoms with Crippen LogP contribution in [-0.4, -0.2) is 32.9 Å². The van der Waals surface area contributed by atoms with E-state index in [0.717, 1.165) is 0 Å². The van der Waals surface area contributed by atoms with Gasteiger partial charge in [0.25, 0.3) is 5.91 Å². The number of hydrogen-bond acceptors (Lipinski definition) is 3. The SMILES string of the molecule is CC(C)N(CC#N)C(=O)c1cncn1C. The first-order chi connectivity index (χ1) is 7.07. The molecule has 0 spiro atoms. The van der Waals surface area contributed by atoms with Crippen molar-refractivity contribution in [3.63, 3.8) is 0 Å². The molecule has 0 radical (unpaired) electrons. The maximum Gasteiger partial charge on any atom is 0.273 e. The van der Waals surface area contributed by atoms with Crippen molar-refractivity contribution in [2.75, 3.05) is 6.54 Å². The minimum atomic E-state index is -0.161. The molecule has 0 saturated heterocycles. The van der Waals surface area contributed by atoms with Gasteiger partial charge in [-0.05, 0) is 13.8 Å². The van der Waals surface area contributed by atoms with Crippen molar-refractivity contribution in [2.24, 2.45) is 7.05 Å². The lowest BCUT2D eigenvalue weighted by Gasteiger charge is -2.23. The van der Waals surface area contributed by atoms with Crippen molar-refractivity contribution in [3.05, 3.63) is 18.2 Å². The van der Waals surface area contributed by atoms with Gasteiger partial charge in [-0.2, -0.15) is 5.26 Å². The highest BCUT2D eigenvalue weighted by Crippen LogP contribution is 2.06. The molecule has 0 aromatic carbocycles. The summed E-state index contributed by atoms with van der Waals surface area (Å²) in [5, 5.41) is 8.63. The molecular weight excluding hydrogens is 192 g/mol. The van der Waals surface area contributed by atoms with Gasteiger partial charge < -0.3 is 9.47 Å². The Balaban J connectivity index is 2.92. The first-order valence-corrected chi connectivity index (χ1v) is 4.72. The van der Waals surface area contributed by atoms with E-state index in [4.69, 9.17) is 5.26 Å². The van der Waals surface area contributed by atoms with Crippen LogP contribution in [0.5, 0.6) is 0 Å². The summed E-state index contributed by atoms with van der Waals surface area (Å²) in [4.78, 5) is 17.4. The fourth-order valence-electron chi connectivity index (χ4n) is 1.28. The molecule has 1 aromatic rings. The van der Waals surface area contributed by atoms with E-state index in [1.165, 1.54) is 11.1 Å². The molecule has 1 heterocycles. The van der Waals surface area contributed by atoms with Gasteiger partial charge in [0.15, 0.2) is 0 Å². The number of imidazole rings is 1. The fraction of sp³-hybridized carbons (Fsp3) is 0.500. The van der Waals surface area contributed by atoms with Crippen LogP contribution >= 0.6 is 0 Å². The van der Waals surface area contributed by atoms with Crippen LogP contribution in [0, 0.1) is 11.3 Å². The zero-order valence-electron chi connectivity index (χ0n) is 9.14. The van der Waals surface area contributed by atoms with Crippen LogP contribution in [0.1, 0.15) is 24.3 Å². The standard InChI is InChI=1S/C10H14N4O/c1-8(2)14(5-4-11)10(15)9-6-12-7-13(9)3/h6-8H,5H2,1-3H3. The molecule has 0 atom stereocenters. The van der Waals surface area contributed by atoms with Crippen LogP contribution in [0.4, 0.5) is 0 Å². The van der Waals surface area contributed by atoms with Crippen molar-refractivity contribution >= 4 is 5.91 Å². The molecule has 0 aliphatic rings. The zero-order chi connectivity index (χ0) is 11.4. The normalized spacial score (nSPS) is 10.1. The molecular formula is C10H14N4O. The second kappa shape index (κ2) is 4.60. The highest BCUT2D eigenvalue weighted by molar-refractivity contribution is 5.92. The Morgan fingerprint density at radius 1 is 1.73 bits per heavy atom. The predicted molar refractivity (Wildman–Crippen MR) is 55.0 cm³/mol. The van der Waals surface area contributed by atoms with Gasteiger partial charge in [0.2, 0.25) is 0 Å². The molecule has 1 aromatic heterocycles. The molecule has 1 rings (SSSR count). The second-order valence-electron chi connectivity index (χ2n) is 3.57. The number of carbonyl (C=O) groups is 1. The largest absolute Gasteiger partial charge is 0.330 e. The maximum atomic E-state index is 12.0. The second-order valence-corrected chi connectivity index (χ2v) is 3.57. The fourth-order valence-corrected chi connectivity index (χ4v) is 1.28. The summed E-state index contributed by atoms with van der Waals surface area (Å²) < 4.78 is 1.65. The van der Waals surface area contributed by atoms with Gasteiger partial charge in [-0.15, -0.1) is 0 Å². The summed E-state index contributed by atoms with van der Waals surface area (Å²) in [5.74, 6) is -0.161. The van der Waals surface area contributed by atoms with Gasteiger partial charge >= 0.3 is 0 Å². The van der Waals surface area contributed by atoms with Gasteiger partial charge in [-0.25, -0.2) is 4.98 Å². The molecule has 5 heteroatoms. The van der Waals surface area contributed by atoms with Crippen molar-refractivity contribution in [1.29, 1.82) is 5.26 Å². The average Bonchev–Trinajstić information content (AvgIpc) is 2.59. The third kappa shape index (κ3) is 2.34. The Bertz CT molecular complexity index is 388. The van der Waals surface area contributed by atoms with Gasteiger partial charge in [-0.1, -0.05) is 0 Å². The third-order valence-corrected chi connectivity index (χ3v) is 2.16. The van der Waals surface area contributed by atoms with Crippen molar-refractivity contribution in [2.45, 2.75) is 19.9 Å². The Hall–Kier alpha value is -1.83. The molecule has 0 N–H and O–H groups in total. The third-order valence-electron chi connectivity index (χ3n) is 2.16. The Morgan fingerprint density at radius 3 is 2.80 bits per heavy atom. The number of carbonyl (C=O) groups excluding carboxylic acids is 1. The lowest BCUT2D eigenvalue weighted by molar-refractivity contribution is 0.0721. The van der Waals surface area contributed by atoms with E-state index in [0.29, 0.717) is 5.69 Å². The number of rotatable bonds is 3. The number of amides is 1. The topological polar surface area (TPSA) is 61.9 Å². The van der Waals surface area contributed by atoms with Crippen LogP contribution in [0.3, 0.4) is 0 Å². The quantitative estimate of drug-likeness (QED) is 0.687. The van der Waals surface area contributed by atoms with Gasteiger partial charge in [0.05, 0.1) is 18.6 Å². The summed E-state index contributed by atoms with van der Waals surface area (Å²) in [6.45, 7) is 3.86. The summed E-state index contributed by atoms with van der Waals surface area (Å²) in [6.07, 6.45) is 3.08. The highest BCUT2D eigenvalue weighted by atomic mass is 16.2. The summed E-state index contributed by atoms with van der Waals surface area (Å²) in [7, 11) is 1.76. The van der Waals surface area contributed by atoms with E-state index in [-0.39, 0.29) is 18.5 Å². The predicted octanol–water partition coefficient (Wildman–Crippen LogP) is 0.794. The van der Waals surface area contributed by atoms with Gasteiger partial charge in [-0.3, -0.25) is 4.79 Å². The van der Waals surface area contributed by atoms with Gasteiger partial charge in [0, 0.05) is 13.1 Å². The molecule has 0 aliphatic heterocycles. The number of hydrogen-bond donors (Lipinski definition) is 0. The molecule has 1 amide bonds. The maximum absolute atomic E-state index is 12.0. The first-order valence-electron chi connectivity index (χ1n) is 4.72. The monoisotopic (exact) mass is 206 g/mol. The van der Waals surface area contributed by atoms with Crippen LogP contribution in [-0.2, 0) is 7.05 Å². The van der Waals surface area contributed by atoms with E-state index in [1.54, 1.807) is 17.9 Å². The van der Waals surface area contributed by atoms with Crippen molar-refractivity contribution in [3.8, 4) is 6.07 Å². The molecule has 0 aliphatic carbocycles. The van der Waals surface area contributed by atoms with Crippen LogP contribution in [0.2, 0.25) is 0 Å². The molecule has 0 saturated carbocycles. The first kappa shape index (κ1) is 11.2. The Morgan fingerprint density at radius 2 is 2.40 bits per heavy atom. The van der Waals surface area contributed by atoms with Crippen molar-refractivity contribution < 1.29 is 4.79 Å². The minimum absolute atomic E-state index is 0.00653. The molecule has 0 fully saturated rings. The van der Waals surface area contributed by atoms with Crippen LogP contribution < -0.4 is 0 Å². The highest BCUT2D eigenvalue weighted by Gasteiger charge is 2.20. The van der Waals surface area contributed by atoms with E-state index in [1.807, 2.05) is 19.9 Å². The van der Waals surface area contributed by atoms with E-state index >= 15 is 0 Å². The number of nitrogens with zero attached hydrogens (tertiary/aromatic N) is 4.